The van der Waals surface area contributed by atoms with Crippen molar-refractivity contribution < 1.29 is 23.9 Å². The predicted molar refractivity (Wildman–Crippen MR) is 157 cm³/mol. The lowest BCUT2D eigenvalue weighted by atomic mass is 9.94. The SMILES string of the molecule is Cc1cccc(NC(=O)Nc2ccc3c(c2)C(=O)N(C)[C@@H]2CC[C@H](CC(=O)NCc4ccccc4Cl)O[C@@H]2CO3)c1. The molecule has 2 heterocycles. The van der Waals surface area contributed by atoms with Gasteiger partial charge in [0, 0.05) is 30.0 Å². The molecular weight excluding hydrogens is 544 g/mol. The summed E-state index contributed by atoms with van der Waals surface area (Å²) in [7, 11) is 1.75. The van der Waals surface area contributed by atoms with Crippen molar-refractivity contribution in [1.82, 2.24) is 10.2 Å². The van der Waals surface area contributed by atoms with Crippen LogP contribution in [0.5, 0.6) is 5.75 Å². The maximum atomic E-state index is 13.5. The number of carbonyl (C=O) groups excluding carboxylic acids is 3. The molecule has 1 fully saturated rings. The Labute approximate surface area is 244 Å². The molecule has 5 rings (SSSR count). The standard InChI is InChI=1S/C31H33ClN4O5/c1-19-6-5-8-21(14-19)34-31(39)35-22-10-13-27-24(15-22)30(38)36(2)26-12-11-23(41-28(26)18-40-27)16-29(37)33-17-20-7-3-4-9-25(20)32/h3-10,13-15,23,26,28H,11-12,16-18H2,1-2H3,(H,33,37)(H2,34,35,39)/t23-,26-,28-/m1/s1. The highest BCUT2D eigenvalue weighted by molar-refractivity contribution is 6.31. The molecular formula is C31H33ClN4O5. The summed E-state index contributed by atoms with van der Waals surface area (Å²) in [5, 5.41) is 9.11. The van der Waals surface area contributed by atoms with Crippen LogP contribution in [-0.2, 0) is 16.1 Å². The molecule has 9 nitrogen and oxygen atoms in total. The minimum atomic E-state index is -0.411. The molecule has 0 spiro atoms. The predicted octanol–water partition coefficient (Wildman–Crippen LogP) is 5.38. The number of amides is 4. The van der Waals surface area contributed by atoms with Gasteiger partial charge in [-0.25, -0.2) is 4.79 Å². The molecule has 0 bridgehead atoms. The van der Waals surface area contributed by atoms with Gasteiger partial charge in [0.2, 0.25) is 5.91 Å². The average molecular weight is 577 g/mol. The van der Waals surface area contributed by atoms with Crippen LogP contribution in [0.1, 0.15) is 40.7 Å². The molecule has 4 amide bonds. The summed E-state index contributed by atoms with van der Waals surface area (Å²) in [6, 6.07) is 19.2. The minimum Gasteiger partial charge on any atom is -0.490 e. The Morgan fingerprint density at radius 1 is 1.00 bits per heavy atom. The Balaban J connectivity index is 1.20. The lowest BCUT2D eigenvalue weighted by molar-refractivity contribution is -0.134. The van der Waals surface area contributed by atoms with Gasteiger partial charge >= 0.3 is 6.03 Å². The van der Waals surface area contributed by atoms with Crippen LogP contribution in [0.4, 0.5) is 16.2 Å². The van der Waals surface area contributed by atoms with Crippen LogP contribution in [-0.4, -0.2) is 54.6 Å². The van der Waals surface area contributed by atoms with E-state index in [1.165, 1.54) is 0 Å². The fourth-order valence-corrected chi connectivity index (χ4v) is 5.44. The van der Waals surface area contributed by atoms with E-state index in [0.717, 1.165) is 11.1 Å². The number of aryl methyl sites for hydroxylation is 1. The van der Waals surface area contributed by atoms with Gasteiger partial charge in [0.15, 0.2) is 0 Å². The number of nitrogens with zero attached hydrogens (tertiary/aromatic N) is 1. The number of anilines is 2. The number of rotatable bonds is 6. The van der Waals surface area contributed by atoms with Crippen molar-refractivity contribution in [3.63, 3.8) is 0 Å². The Kier molecular flexibility index (Phi) is 8.75. The van der Waals surface area contributed by atoms with Crippen LogP contribution in [0.2, 0.25) is 5.02 Å². The van der Waals surface area contributed by atoms with E-state index in [1.807, 2.05) is 43.3 Å². The number of halogens is 1. The number of likely N-dealkylation sites (N-methyl/N-ethyl adjacent to an activating group) is 1. The molecule has 3 aromatic rings. The summed E-state index contributed by atoms with van der Waals surface area (Å²) in [6.45, 7) is 2.52. The van der Waals surface area contributed by atoms with Gasteiger partial charge in [0.1, 0.15) is 18.5 Å². The van der Waals surface area contributed by atoms with Gasteiger partial charge in [-0.1, -0.05) is 41.9 Å². The summed E-state index contributed by atoms with van der Waals surface area (Å²) in [6.07, 6.45) is 0.843. The summed E-state index contributed by atoms with van der Waals surface area (Å²) in [5.74, 6) is 0.0616. The maximum absolute atomic E-state index is 13.5. The molecule has 0 radical (unpaired) electrons. The Morgan fingerprint density at radius 3 is 2.56 bits per heavy atom. The topological polar surface area (TPSA) is 109 Å². The maximum Gasteiger partial charge on any atom is 0.323 e. The van der Waals surface area contributed by atoms with E-state index < -0.39 is 6.03 Å². The summed E-state index contributed by atoms with van der Waals surface area (Å²) in [4.78, 5) is 40.4. The lowest BCUT2D eigenvalue weighted by Crippen LogP contribution is -2.53. The van der Waals surface area contributed by atoms with Gasteiger partial charge in [-0.3, -0.25) is 9.59 Å². The van der Waals surface area contributed by atoms with E-state index in [1.54, 1.807) is 42.3 Å². The van der Waals surface area contributed by atoms with Gasteiger partial charge in [-0.15, -0.1) is 0 Å². The van der Waals surface area contributed by atoms with Crippen molar-refractivity contribution in [3.8, 4) is 5.75 Å². The largest absolute Gasteiger partial charge is 0.490 e. The fourth-order valence-electron chi connectivity index (χ4n) is 5.24. The van der Waals surface area contributed by atoms with E-state index in [2.05, 4.69) is 16.0 Å². The van der Waals surface area contributed by atoms with E-state index in [0.29, 0.717) is 47.1 Å². The van der Waals surface area contributed by atoms with Crippen molar-refractivity contribution in [1.29, 1.82) is 0 Å². The molecule has 3 aromatic carbocycles. The van der Waals surface area contributed by atoms with Crippen LogP contribution in [0.25, 0.3) is 0 Å². The van der Waals surface area contributed by atoms with Gasteiger partial charge in [-0.2, -0.15) is 0 Å². The second-order valence-corrected chi connectivity index (χ2v) is 10.8. The molecule has 10 heteroatoms. The molecule has 0 saturated carbocycles. The summed E-state index contributed by atoms with van der Waals surface area (Å²) in [5.41, 5.74) is 3.39. The van der Waals surface area contributed by atoms with E-state index >= 15 is 0 Å². The Bertz CT molecular complexity index is 1450. The van der Waals surface area contributed by atoms with Crippen molar-refractivity contribution in [2.24, 2.45) is 0 Å². The fraction of sp³-hybridized carbons (Fsp3) is 0.323. The molecule has 214 valence electrons. The molecule has 0 aromatic heterocycles. The quantitative estimate of drug-likeness (QED) is 0.365. The number of ether oxygens (including phenoxy) is 2. The zero-order valence-electron chi connectivity index (χ0n) is 23.0. The number of urea groups is 1. The highest BCUT2D eigenvalue weighted by Crippen LogP contribution is 2.32. The van der Waals surface area contributed by atoms with Crippen LogP contribution in [0, 0.1) is 6.92 Å². The lowest BCUT2D eigenvalue weighted by Gasteiger charge is -2.42. The average Bonchev–Trinajstić information content (AvgIpc) is 2.95. The molecule has 41 heavy (non-hydrogen) atoms. The number of nitrogens with one attached hydrogen (secondary N) is 3. The number of carbonyl (C=O) groups is 3. The number of hydrogen-bond acceptors (Lipinski definition) is 5. The monoisotopic (exact) mass is 576 g/mol. The zero-order valence-corrected chi connectivity index (χ0v) is 23.7. The molecule has 0 unspecified atom stereocenters. The van der Waals surface area contributed by atoms with Crippen LogP contribution in [0.3, 0.4) is 0 Å². The van der Waals surface area contributed by atoms with Crippen LogP contribution in [0.15, 0.2) is 66.7 Å². The Morgan fingerprint density at radius 2 is 1.78 bits per heavy atom. The van der Waals surface area contributed by atoms with Crippen molar-refractivity contribution >= 4 is 40.8 Å². The number of benzene rings is 3. The van der Waals surface area contributed by atoms with E-state index in [4.69, 9.17) is 21.1 Å². The van der Waals surface area contributed by atoms with E-state index in [-0.39, 0.29) is 43.1 Å². The Hall–Kier alpha value is -4.08. The minimum absolute atomic E-state index is 0.124. The second kappa shape index (κ2) is 12.6. The highest BCUT2D eigenvalue weighted by Gasteiger charge is 2.39. The van der Waals surface area contributed by atoms with Gasteiger partial charge in [0.05, 0.1) is 24.1 Å². The van der Waals surface area contributed by atoms with E-state index in [9.17, 15) is 14.4 Å². The normalized spacial score (nSPS) is 20.0. The smallest absolute Gasteiger partial charge is 0.323 e. The first-order valence-corrected chi connectivity index (χ1v) is 14.0. The zero-order chi connectivity index (χ0) is 28.9. The highest BCUT2D eigenvalue weighted by atomic mass is 35.5. The third-order valence-corrected chi connectivity index (χ3v) is 7.76. The molecule has 0 aliphatic carbocycles. The first-order valence-electron chi connectivity index (χ1n) is 13.6. The molecule has 1 saturated heterocycles. The van der Waals surface area contributed by atoms with Crippen molar-refractivity contribution in [2.45, 2.75) is 51.0 Å². The second-order valence-electron chi connectivity index (χ2n) is 10.4. The van der Waals surface area contributed by atoms with Crippen molar-refractivity contribution in [2.75, 3.05) is 24.3 Å². The van der Waals surface area contributed by atoms with Crippen LogP contribution >= 0.6 is 11.6 Å². The van der Waals surface area contributed by atoms with Gasteiger partial charge < -0.3 is 30.3 Å². The third-order valence-electron chi connectivity index (χ3n) is 7.39. The number of fused-ring (bicyclic) bond motifs is 2. The van der Waals surface area contributed by atoms with Gasteiger partial charge in [-0.05, 0) is 67.3 Å². The summed E-state index contributed by atoms with van der Waals surface area (Å²) >= 11 is 6.19. The first-order chi connectivity index (χ1) is 19.8. The summed E-state index contributed by atoms with van der Waals surface area (Å²) < 4.78 is 12.3. The molecule has 3 atom stereocenters. The molecule has 2 aliphatic heterocycles. The third kappa shape index (κ3) is 6.99. The molecule has 2 aliphatic rings. The first kappa shape index (κ1) is 28.4. The van der Waals surface area contributed by atoms with Crippen LogP contribution < -0.4 is 20.7 Å². The molecule has 3 N–H and O–H groups in total. The van der Waals surface area contributed by atoms with Crippen molar-refractivity contribution in [3.05, 3.63) is 88.4 Å². The van der Waals surface area contributed by atoms with Gasteiger partial charge in [0.25, 0.3) is 5.91 Å². The number of hydrogen-bond donors (Lipinski definition) is 3.